The van der Waals surface area contributed by atoms with E-state index in [0.717, 1.165) is 24.1 Å². The Morgan fingerprint density at radius 1 is 1.07 bits per heavy atom. The molecular formula is C19H14F3NO4. The van der Waals surface area contributed by atoms with Gasteiger partial charge in [0.25, 0.3) is 5.91 Å². The van der Waals surface area contributed by atoms with E-state index in [4.69, 9.17) is 0 Å². The summed E-state index contributed by atoms with van der Waals surface area (Å²) in [7, 11) is 1.13. The molecule has 0 fully saturated rings. The molecule has 3 rings (SSSR count). The van der Waals surface area contributed by atoms with Crippen LogP contribution in [0.2, 0.25) is 0 Å². The number of methoxy groups -OCH3 is 1. The zero-order chi connectivity index (χ0) is 19.8. The molecule has 1 atom stereocenters. The highest BCUT2D eigenvalue weighted by Crippen LogP contribution is 2.32. The number of ether oxygens (including phenoxy) is 1. The normalized spacial score (nSPS) is 16.9. The molecule has 1 aliphatic heterocycles. The summed E-state index contributed by atoms with van der Waals surface area (Å²) in [6, 6.07) is 10.3. The Hall–Kier alpha value is -3.16. The molecule has 0 radical (unpaired) electrons. The number of amides is 2. The minimum Gasteiger partial charge on any atom is -0.468 e. The highest BCUT2D eigenvalue weighted by atomic mass is 19.4. The molecule has 2 aromatic carbocycles. The second-order valence-electron chi connectivity index (χ2n) is 5.97. The zero-order valence-corrected chi connectivity index (χ0v) is 14.1. The van der Waals surface area contributed by atoms with Gasteiger partial charge in [-0.25, -0.2) is 0 Å². The molecule has 1 aliphatic rings. The summed E-state index contributed by atoms with van der Waals surface area (Å²) >= 11 is 0. The first-order valence-electron chi connectivity index (χ1n) is 7.92. The van der Waals surface area contributed by atoms with Gasteiger partial charge < -0.3 is 4.74 Å². The van der Waals surface area contributed by atoms with Gasteiger partial charge >= 0.3 is 12.1 Å². The monoisotopic (exact) mass is 377 g/mol. The standard InChI is InChI=1S/C19H14F3NO4/c1-27-18(26)15-13-4-2-3-5-14(13)16(24)23(17(15)25)10-11-6-8-12(9-7-11)19(20,21)22/h2-9,15H,10H2,1H3. The van der Waals surface area contributed by atoms with Crippen LogP contribution in [0.15, 0.2) is 48.5 Å². The van der Waals surface area contributed by atoms with Crippen LogP contribution in [0.5, 0.6) is 0 Å². The Labute approximate surface area is 152 Å². The van der Waals surface area contributed by atoms with Gasteiger partial charge in [-0.15, -0.1) is 0 Å². The van der Waals surface area contributed by atoms with Gasteiger partial charge in [-0.1, -0.05) is 30.3 Å². The van der Waals surface area contributed by atoms with Crippen LogP contribution < -0.4 is 0 Å². The molecule has 0 aromatic heterocycles. The molecule has 1 heterocycles. The number of halogens is 3. The SMILES string of the molecule is COC(=O)C1C(=O)N(Cc2ccc(C(F)(F)F)cc2)C(=O)c2ccccc21. The summed E-state index contributed by atoms with van der Waals surface area (Å²) in [5.41, 5.74) is -0.0736. The lowest BCUT2D eigenvalue weighted by Gasteiger charge is -2.31. The van der Waals surface area contributed by atoms with Crippen molar-refractivity contribution in [2.75, 3.05) is 7.11 Å². The molecule has 140 valence electrons. The van der Waals surface area contributed by atoms with Crippen LogP contribution in [0.4, 0.5) is 13.2 Å². The first-order valence-corrected chi connectivity index (χ1v) is 7.92. The summed E-state index contributed by atoms with van der Waals surface area (Å²) in [5.74, 6) is -3.49. The van der Waals surface area contributed by atoms with Gasteiger partial charge in [0.05, 0.1) is 19.2 Å². The summed E-state index contributed by atoms with van der Waals surface area (Å²) in [4.78, 5) is 38.4. The Morgan fingerprint density at radius 3 is 2.30 bits per heavy atom. The fourth-order valence-corrected chi connectivity index (χ4v) is 2.95. The smallest absolute Gasteiger partial charge is 0.416 e. The first kappa shape index (κ1) is 18.6. The maximum atomic E-state index is 12.8. The molecule has 0 saturated carbocycles. The number of benzene rings is 2. The number of carbonyl (C=O) groups excluding carboxylic acids is 3. The van der Waals surface area contributed by atoms with Gasteiger partial charge in [0.15, 0.2) is 5.92 Å². The van der Waals surface area contributed by atoms with E-state index >= 15 is 0 Å². The number of hydrogen-bond donors (Lipinski definition) is 0. The molecule has 2 amide bonds. The van der Waals surface area contributed by atoms with Crippen LogP contribution in [0, 0.1) is 0 Å². The zero-order valence-electron chi connectivity index (χ0n) is 14.1. The lowest BCUT2D eigenvalue weighted by molar-refractivity contribution is -0.149. The van der Waals surface area contributed by atoms with E-state index in [9.17, 15) is 27.6 Å². The van der Waals surface area contributed by atoms with Gasteiger partial charge in [-0.05, 0) is 29.3 Å². The molecule has 0 saturated heterocycles. The number of carbonyl (C=O) groups is 3. The van der Waals surface area contributed by atoms with E-state index in [1.807, 2.05) is 0 Å². The third-order valence-electron chi connectivity index (χ3n) is 4.32. The maximum absolute atomic E-state index is 12.8. The van der Waals surface area contributed by atoms with Crippen molar-refractivity contribution < 1.29 is 32.3 Å². The molecule has 5 nitrogen and oxygen atoms in total. The second kappa shape index (κ2) is 6.86. The van der Waals surface area contributed by atoms with Gasteiger partial charge in [-0.3, -0.25) is 19.3 Å². The van der Waals surface area contributed by atoms with Gasteiger partial charge in [0.1, 0.15) is 0 Å². The molecule has 1 unspecified atom stereocenters. The van der Waals surface area contributed by atoms with E-state index < -0.39 is 35.4 Å². The highest BCUT2D eigenvalue weighted by molar-refractivity contribution is 6.17. The minimum atomic E-state index is -4.48. The lowest BCUT2D eigenvalue weighted by atomic mass is 9.88. The Morgan fingerprint density at radius 2 is 1.70 bits per heavy atom. The van der Waals surface area contributed by atoms with E-state index in [1.165, 1.54) is 24.3 Å². The van der Waals surface area contributed by atoms with E-state index in [-0.39, 0.29) is 17.7 Å². The Balaban J connectivity index is 1.95. The van der Waals surface area contributed by atoms with Crippen LogP contribution in [0.3, 0.4) is 0 Å². The minimum absolute atomic E-state index is 0.180. The van der Waals surface area contributed by atoms with Crippen LogP contribution in [-0.2, 0) is 27.0 Å². The largest absolute Gasteiger partial charge is 0.468 e. The van der Waals surface area contributed by atoms with Gasteiger partial charge in [0, 0.05) is 5.56 Å². The number of rotatable bonds is 3. The van der Waals surface area contributed by atoms with Crippen molar-refractivity contribution in [2.45, 2.75) is 18.6 Å². The molecule has 0 bridgehead atoms. The number of fused-ring (bicyclic) bond motifs is 1. The molecule has 2 aromatic rings. The fraction of sp³-hybridized carbons (Fsp3) is 0.211. The molecule has 0 spiro atoms. The van der Waals surface area contributed by atoms with Crippen LogP contribution in [0.25, 0.3) is 0 Å². The quantitative estimate of drug-likeness (QED) is 0.468. The van der Waals surface area contributed by atoms with Crippen LogP contribution in [0.1, 0.15) is 33.0 Å². The number of imide groups is 1. The highest BCUT2D eigenvalue weighted by Gasteiger charge is 2.43. The molecule has 8 heteroatoms. The third kappa shape index (κ3) is 3.42. The van der Waals surface area contributed by atoms with Crippen molar-refractivity contribution in [2.24, 2.45) is 0 Å². The van der Waals surface area contributed by atoms with Crippen molar-refractivity contribution in [3.05, 3.63) is 70.8 Å². The predicted octanol–water partition coefficient (Wildman–Crippen LogP) is 3.14. The molecule has 27 heavy (non-hydrogen) atoms. The fourth-order valence-electron chi connectivity index (χ4n) is 2.95. The predicted molar refractivity (Wildman–Crippen MR) is 87.5 cm³/mol. The van der Waals surface area contributed by atoms with Crippen molar-refractivity contribution in [3.63, 3.8) is 0 Å². The number of nitrogens with zero attached hydrogens (tertiary/aromatic N) is 1. The Kier molecular flexibility index (Phi) is 4.73. The molecule has 0 N–H and O–H groups in total. The summed E-state index contributed by atoms with van der Waals surface area (Å²) in [6.45, 7) is -0.252. The second-order valence-corrected chi connectivity index (χ2v) is 5.97. The summed E-state index contributed by atoms with van der Waals surface area (Å²) < 4.78 is 42.7. The topological polar surface area (TPSA) is 63.7 Å². The summed E-state index contributed by atoms with van der Waals surface area (Å²) in [6.07, 6.45) is -4.48. The van der Waals surface area contributed by atoms with Gasteiger partial charge in [0.2, 0.25) is 5.91 Å². The lowest BCUT2D eigenvalue weighted by Crippen LogP contribution is -2.46. The van der Waals surface area contributed by atoms with Crippen molar-refractivity contribution >= 4 is 17.8 Å². The number of hydrogen-bond acceptors (Lipinski definition) is 4. The van der Waals surface area contributed by atoms with Gasteiger partial charge in [-0.2, -0.15) is 13.2 Å². The number of esters is 1. The third-order valence-corrected chi connectivity index (χ3v) is 4.32. The first-order chi connectivity index (χ1) is 12.7. The number of alkyl halides is 3. The van der Waals surface area contributed by atoms with E-state index in [1.54, 1.807) is 12.1 Å². The van der Waals surface area contributed by atoms with E-state index in [0.29, 0.717) is 5.56 Å². The van der Waals surface area contributed by atoms with Crippen molar-refractivity contribution in [1.29, 1.82) is 0 Å². The molecule has 0 aliphatic carbocycles. The van der Waals surface area contributed by atoms with Crippen LogP contribution in [-0.4, -0.2) is 29.8 Å². The van der Waals surface area contributed by atoms with Crippen molar-refractivity contribution in [1.82, 2.24) is 4.90 Å². The summed E-state index contributed by atoms with van der Waals surface area (Å²) in [5, 5.41) is 0. The maximum Gasteiger partial charge on any atom is 0.416 e. The van der Waals surface area contributed by atoms with Crippen molar-refractivity contribution in [3.8, 4) is 0 Å². The average Bonchev–Trinajstić information content (AvgIpc) is 2.64. The van der Waals surface area contributed by atoms with Crippen LogP contribution >= 0.6 is 0 Å². The Bertz CT molecular complexity index is 906. The van der Waals surface area contributed by atoms with E-state index in [2.05, 4.69) is 4.74 Å². The average molecular weight is 377 g/mol. The molecular weight excluding hydrogens is 363 g/mol.